The number of likely N-dealkylation sites (N-methyl/N-ethyl adjacent to an activating group) is 1. The van der Waals surface area contributed by atoms with Crippen molar-refractivity contribution in [3.05, 3.63) is 65.7 Å². The van der Waals surface area contributed by atoms with Crippen LogP contribution in [0.2, 0.25) is 0 Å². The molecule has 0 aromatic heterocycles. The summed E-state index contributed by atoms with van der Waals surface area (Å²) in [4.78, 5) is 0. The topological polar surface area (TPSA) is 30.5 Å². The Labute approximate surface area is 126 Å². The molecule has 0 aliphatic heterocycles. The first kappa shape index (κ1) is 15.5. The normalized spacial score (nSPS) is 12.1. The van der Waals surface area contributed by atoms with Crippen molar-refractivity contribution in [1.29, 1.82) is 0 Å². The number of nitrogens with one attached hydrogen (secondary N) is 1. The van der Waals surface area contributed by atoms with Gasteiger partial charge in [0, 0.05) is 0 Å². The van der Waals surface area contributed by atoms with Crippen molar-refractivity contribution in [2.45, 2.75) is 13.0 Å². The number of hydrogen-bond acceptors (Lipinski definition) is 3. The minimum atomic E-state index is 0.211. The molecule has 0 aliphatic carbocycles. The van der Waals surface area contributed by atoms with Gasteiger partial charge in [-0.05, 0) is 37.2 Å². The molecule has 0 aliphatic rings. The van der Waals surface area contributed by atoms with E-state index in [4.69, 9.17) is 9.47 Å². The first-order valence-corrected chi connectivity index (χ1v) is 7.29. The molecule has 0 radical (unpaired) electrons. The van der Waals surface area contributed by atoms with Gasteiger partial charge in [0.05, 0.1) is 19.3 Å². The standard InChI is InChI=1S/C18H23NO2/c1-15-8-6-7-11-17(15)18(19-2)14-20-12-13-21-16-9-4-3-5-10-16/h3-11,18-19H,12-14H2,1-2H3. The highest BCUT2D eigenvalue weighted by atomic mass is 16.5. The molecule has 0 spiro atoms. The zero-order chi connectivity index (χ0) is 14.9. The van der Waals surface area contributed by atoms with Gasteiger partial charge < -0.3 is 14.8 Å². The van der Waals surface area contributed by atoms with Crippen LogP contribution in [-0.4, -0.2) is 26.9 Å². The highest BCUT2D eigenvalue weighted by molar-refractivity contribution is 5.28. The monoisotopic (exact) mass is 285 g/mol. The lowest BCUT2D eigenvalue weighted by molar-refractivity contribution is 0.0847. The fourth-order valence-corrected chi connectivity index (χ4v) is 2.24. The Morgan fingerprint density at radius 1 is 0.952 bits per heavy atom. The van der Waals surface area contributed by atoms with Crippen molar-refractivity contribution in [3.8, 4) is 5.75 Å². The van der Waals surface area contributed by atoms with E-state index >= 15 is 0 Å². The zero-order valence-corrected chi connectivity index (χ0v) is 12.7. The lowest BCUT2D eigenvalue weighted by atomic mass is 10.0. The summed E-state index contributed by atoms with van der Waals surface area (Å²) in [5, 5.41) is 3.30. The van der Waals surface area contributed by atoms with Crippen LogP contribution in [0.3, 0.4) is 0 Å². The molecule has 2 rings (SSSR count). The molecule has 0 saturated heterocycles. The van der Waals surface area contributed by atoms with Crippen LogP contribution in [-0.2, 0) is 4.74 Å². The molecule has 3 nitrogen and oxygen atoms in total. The van der Waals surface area contributed by atoms with E-state index in [1.54, 1.807) is 0 Å². The molecule has 21 heavy (non-hydrogen) atoms. The minimum Gasteiger partial charge on any atom is -0.491 e. The Morgan fingerprint density at radius 3 is 2.38 bits per heavy atom. The smallest absolute Gasteiger partial charge is 0.119 e. The van der Waals surface area contributed by atoms with Crippen LogP contribution in [0.5, 0.6) is 5.75 Å². The second-order valence-electron chi connectivity index (χ2n) is 4.93. The molecule has 3 heteroatoms. The van der Waals surface area contributed by atoms with Gasteiger partial charge in [0.15, 0.2) is 0 Å². The third kappa shape index (κ3) is 4.88. The van der Waals surface area contributed by atoms with E-state index in [9.17, 15) is 0 Å². The lowest BCUT2D eigenvalue weighted by Gasteiger charge is -2.19. The summed E-state index contributed by atoms with van der Waals surface area (Å²) in [5.74, 6) is 0.880. The van der Waals surface area contributed by atoms with E-state index in [-0.39, 0.29) is 6.04 Å². The maximum Gasteiger partial charge on any atom is 0.119 e. The molecule has 1 unspecified atom stereocenters. The summed E-state index contributed by atoms with van der Waals surface area (Å²) < 4.78 is 11.3. The van der Waals surface area contributed by atoms with Crippen molar-refractivity contribution >= 4 is 0 Å². The zero-order valence-electron chi connectivity index (χ0n) is 12.7. The van der Waals surface area contributed by atoms with Crippen LogP contribution >= 0.6 is 0 Å². The predicted octanol–water partition coefficient (Wildman–Crippen LogP) is 3.35. The molecule has 1 atom stereocenters. The van der Waals surface area contributed by atoms with E-state index in [1.807, 2.05) is 37.4 Å². The molecule has 0 saturated carbocycles. The number of benzene rings is 2. The first-order valence-electron chi connectivity index (χ1n) is 7.29. The molecule has 2 aromatic carbocycles. The van der Waals surface area contributed by atoms with Crippen LogP contribution in [0, 0.1) is 6.92 Å². The summed E-state index contributed by atoms with van der Waals surface area (Å²) in [6.07, 6.45) is 0. The van der Waals surface area contributed by atoms with Crippen LogP contribution < -0.4 is 10.1 Å². The van der Waals surface area contributed by atoms with E-state index in [1.165, 1.54) is 11.1 Å². The van der Waals surface area contributed by atoms with E-state index in [2.05, 4.69) is 36.5 Å². The quantitative estimate of drug-likeness (QED) is 0.755. The molecule has 0 amide bonds. The molecule has 2 aromatic rings. The molecule has 0 bridgehead atoms. The summed E-state index contributed by atoms with van der Waals surface area (Å²) in [5.41, 5.74) is 2.56. The van der Waals surface area contributed by atoms with Gasteiger partial charge in [-0.1, -0.05) is 42.5 Å². The van der Waals surface area contributed by atoms with Crippen molar-refractivity contribution in [1.82, 2.24) is 5.32 Å². The van der Waals surface area contributed by atoms with Gasteiger partial charge in [-0.25, -0.2) is 0 Å². The summed E-state index contributed by atoms with van der Waals surface area (Å²) in [6, 6.07) is 18.4. The number of para-hydroxylation sites is 1. The molecule has 0 heterocycles. The van der Waals surface area contributed by atoms with Gasteiger partial charge in [-0.2, -0.15) is 0 Å². The van der Waals surface area contributed by atoms with Crippen molar-refractivity contribution < 1.29 is 9.47 Å². The van der Waals surface area contributed by atoms with Crippen LogP contribution in [0.1, 0.15) is 17.2 Å². The van der Waals surface area contributed by atoms with Crippen molar-refractivity contribution in [2.75, 3.05) is 26.9 Å². The van der Waals surface area contributed by atoms with E-state index in [0.29, 0.717) is 19.8 Å². The lowest BCUT2D eigenvalue weighted by Crippen LogP contribution is -2.23. The number of ether oxygens (including phenoxy) is 2. The molecular formula is C18H23NO2. The van der Waals surface area contributed by atoms with Gasteiger partial charge >= 0.3 is 0 Å². The number of aryl methyl sites for hydroxylation is 1. The Hall–Kier alpha value is -1.84. The summed E-state index contributed by atoms with van der Waals surface area (Å²) in [7, 11) is 1.96. The first-order chi connectivity index (χ1) is 10.3. The van der Waals surface area contributed by atoms with E-state index < -0.39 is 0 Å². The van der Waals surface area contributed by atoms with Crippen LogP contribution in [0.25, 0.3) is 0 Å². The maximum absolute atomic E-state index is 5.73. The maximum atomic E-state index is 5.73. The Morgan fingerprint density at radius 2 is 1.67 bits per heavy atom. The van der Waals surface area contributed by atoms with Crippen molar-refractivity contribution in [3.63, 3.8) is 0 Å². The fraction of sp³-hybridized carbons (Fsp3) is 0.333. The molecule has 1 N–H and O–H groups in total. The van der Waals surface area contributed by atoms with Crippen LogP contribution in [0.4, 0.5) is 0 Å². The van der Waals surface area contributed by atoms with Gasteiger partial charge in [0.1, 0.15) is 12.4 Å². The molecule has 0 fully saturated rings. The second-order valence-corrected chi connectivity index (χ2v) is 4.93. The molecular weight excluding hydrogens is 262 g/mol. The van der Waals surface area contributed by atoms with Crippen molar-refractivity contribution in [2.24, 2.45) is 0 Å². The summed E-state index contributed by atoms with van der Waals surface area (Å²) >= 11 is 0. The third-order valence-electron chi connectivity index (χ3n) is 3.44. The second kappa shape index (κ2) is 8.45. The van der Waals surface area contributed by atoms with Crippen LogP contribution in [0.15, 0.2) is 54.6 Å². The molecule has 112 valence electrons. The number of hydrogen-bond donors (Lipinski definition) is 1. The fourth-order valence-electron chi connectivity index (χ4n) is 2.24. The van der Waals surface area contributed by atoms with Gasteiger partial charge in [-0.15, -0.1) is 0 Å². The largest absolute Gasteiger partial charge is 0.491 e. The predicted molar refractivity (Wildman–Crippen MR) is 85.7 cm³/mol. The Bertz CT molecular complexity index is 528. The van der Waals surface area contributed by atoms with Gasteiger partial charge in [0.25, 0.3) is 0 Å². The highest BCUT2D eigenvalue weighted by Gasteiger charge is 2.11. The average molecular weight is 285 g/mol. The van der Waals surface area contributed by atoms with Gasteiger partial charge in [0.2, 0.25) is 0 Å². The minimum absolute atomic E-state index is 0.211. The summed E-state index contributed by atoms with van der Waals surface area (Å²) in [6.45, 7) is 3.91. The van der Waals surface area contributed by atoms with Gasteiger partial charge in [-0.3, -0.25) is 0 Å². The van der Waals surface area contributed by atoms with E-state index in [0.717, 1.165) is 5.75 Å². The Kier molecular flexibility index (Phi) is 6.25. The highest BCUT2D eigenvalue weighted by Crippen LogP contribution is 2.17. The average Bonchev–Trinajstić information content (AvgIpc) is 2.53. The third-order valence-corrected chi connectivity index (χ3v) is 3.44. The number of rotatable bonds is 8. The SMILES string of the molecule is CNC(COCCOc1ccccc1)c1ccccc1C. The Balaban J connectivity index is 1.73.